The molecule has 0 saturated heterocycles. The lowest BCUT2D eigenvalue weighted by atomic mass is 10.1. The maximum Gasteiger partial charge on any atom is 0.0599 e. The van der Waals surface area contributed by atoms with Crippen LogP contribution >= 0.6 is 16.0 Å². The third kappa shape index (κ3) is 4.90. The smallest absolute Gasteiger partial charge is 0.0599 e. The maximum absolute atomic E-state index is 2.66. The van der Waals surface area contributed by atoms with Gasteiger partial charge >= 0.3 is 0 Å². The first-order chi connectivity index (χ1) is 20.8. The summed E-state index contributed by atoms with van der Waals surface area (Å²) in [4.78, 5) is 0. The highest BCUT2D eigenvalue weighted by Gasteiger charge is 2.28. The lowest BCUT2D eigenvalue weighted by Gasteiger charge is -2.27. The first kappa shape index (κ1) is 26.6. The molecule has 202 valence electrons. The monoisotopic (exact) mass is 575 g/mol. The Kier molecular flexibility index (Phi) is 7.55. The maximum atomic E-state index is 2.66. The van der Waals surface area contributed by atoms with Crippen LogP contribution < -0.4 is 26.5 Å². The standard InChI is InChI=1S/C39H31NP2/c1-30-35-26-14-16-28-37(35)40(42(33-22-10-4-11-23-33)34-24-12-5-13-25-34)39(30)36-27-15-17-29-38(36)41(31-18-6-2-7-19-31)32-20-8-3-9-21-32/h2-29H,1H3. The SMILES string of the molecule is Cc1c(-c2ccccc2P(c2ccccc2)c2ccccc2)n(P(c2ccccc2)c2ccccc2)c2ccccc12. The van der Waals surface area contributed by atoms with Crippen LogP contribution in [0.5, 0.6) is 0 Å². The molecule has 1 aromatic heterocycles. The van der Waals surface area contributed by atoms with E-state index in [9.17, 15) is 0 Å². The van der Waals surface area contributed by atoms with Crippen molar-refractivity contribution >= 4 is 53.4 Å². The molecular formula is C39H31NP2. The van der Waals surface area contributed by atoms with Gasteiger partial charge in [0.15, 0.2) is 0 Å². The topological polar surface area (TPSA) is 4.93 Å². The number of aromatic nitrogens is 1. The predicted molar refractivity (Wildman–Crippen MR) is 185 cm³/mol. The Bertz CT molecular complexity index is 1850. The van der Waals surface area contributed by atoms with E-state index in [1.807, 2.05) is 0 Å². The van der Waals surface area contributed by atoms with E-state index in [1.54, 1.807) is 0 Å². The highest BCUT2D eigenvalue weighted by atomic mass is 31.1. The number of hydrogen-bond acceptors (Lipinski definition) is 0. The number of rotatable bonds is 7. The lowest BCUT2D eigenvalue weighted by Crippen LogP contribution is -2.23. The van der Waals surface area contributed by atoms with Gasteiger partial charge in [-0.3, -0.25) is 0 Å². The van der Waals surface area contributed by atoms with Crippen molar-refractivity contribution in [1.29, 1.82) is 0 Å². The second-order valence-corrected chi connectivity index (χ2v) is 14.6. The predicted octanol–water partition coefficient (Wildman–Crippen LogP) is 8.27. The molecule has 0 bridgehead atoms. The van der Waals surface area contributed by atoms with Gasteiger partial charge in [-0.15, -0.1) is 0 Å². The molecule has 0 amide bonds. The molecule has 1 heterocycles. The summed E-state index contributed by atoms with van der Waals surface area (Å²) in [5, 5.41) is 8.09. The van der Waals surface area contributed by atoms with Gasteiger partial charge in [0, 0.05) is 21.6 Å². The Hall–Kier alpha value is -4.28. The van der Waals surface area contributed by atoms with E-state index >= 15 is 0 Å². The van der Waals surface area contributed by atoms with E-state index in [1.165, 1.54) is 54.2 Å². The van der Waals surface area contributed by atoms with E-state index in [0.717, 1.165) is 0 Å². The van der Waals surface area contributed by atoms with Crippen molar-refractivity contribution < 1.29 is 0 Å². The van der Waals surface area contributed by atoms with Crippen molar-refractivity contribution in [3.05, 3.63) is 175 Å². The fraction of sp³-hybridized carbons (Fsp3) is 0.0256. The molecule has 7 aromatic rings. The fourth-order valence-corrected chi connectivity index (χ4v) is 10.8. The lowest BCUT2D eigenvalue weighted by molar-refractivity contribution is 1.30. The van der Waals surface area contributed by atoms with Gasteiger partial charge in [-0.1, -0.05) is 164 Å². The molecule has 0 aliphatic rings. The number of benzene rings is 6. The number of fused-ring (bicyclic) bond motifs is 1. The van der Waals surface area contributed by atoms with Crippen LogP contribution in [0.25, 0.3) is 22.2 Å². The van der Waals surface area contributed by atoms with Crippen molar-refractivity contribution in [2.45, 2.75) is 6.92 Å². The molecule has 0 aliphatic heterocycles. The van der Waals surface area contributed by atoms with Crippen LogP contribution in [-0.2, 0) is 0 Å². The fourth-order valence-electron chi connectivity index (χ4n) is 5.87. The highest BCUT2D eigenvalue weighted by Crippen LogP contribution is 2.48. The van der Waals surface area contributed by atoms with Crippen LogP contribution in [0, 0.1) is 6.92 Å². The summed E-state index contributed by atoms with van der Waals surface area (Å²) in [6, 6.07) is 62.2. The molecule has 0 saturated carbocycles. The molecule has 0 fully saturated rings. The number of hydrogen-bond donors (Lipinski definition) is 0. The Morgan fingerprint density at radius 1 is 0.429 bits per heavy atom. The van der Waals surface area contributed by atoms with Crippen molar-refractivity contribution in [1.82, 2.24) is 4.34 Å². The average molecular weight is 576 g/mol. The van der Waals surface area contributed by atoms with Crippen molar-refractivity contribution in [3.63, 3.8) is 0 Å². The zero-order chi connectivity index (χ0) is 28.3. The zero-order valence-electron chi connectivity index (χ0n) is 23.5. The van der Waals surface area contributed by atoms with Crippen LogP contribution in [0.15, 0.2) is 170 Å². The number of aryl methyl sites for hydroxylation is 1. The van der Waals surface area contributed by atoms with E-state index in [2.05, 4.69) is 181 Å². The largest absolute Gasteiger partial charge is 0.310 e. The Balaban J connectivity index is 1.56. The van der Waals surface area contributed by atoms with Crippen LogP contribution in [0.3, 0.4) is 0 Å². The van der Waals surface area contributed by atoms with E-state index in [4.69, 9.17) is 0 Å². The van der Waals surface area contributed by atoms with Gasteiger partial charge in [0.1, 0.15) is 0 Å². The van der Waals surface area contributed by atoms with Crippen LogP contribution in [0.2, 0.25) is 0 Å². The molecule has 0 atom stereocenters. The van der Waals surface area contributed by atoms with Gasteiger partial charge in [0.2, 0.25) is 0 Å². The quantitative estimate of drug-likeness (QED) is 0.169. The third-order valence-electron chi connectivity index (χ3n) is 7.73. The molecule has 0 radical (unpaired) electrons. The highest BCUT2D eigenvalue weighted by molar-refractivity contribution is 7.80. The first-order valence-electron chi connectivity index (χ1n) is 14.3. The molecule has 0 aliphatic carbocycles. The van der Waals surface area contributed by atoms with Crippen molar-refractivity contribution in [2.24, 2.45) is 0 Å². The van der Waals surface area contributed by atoms with E-state index in [-0.39, 0.29) is 0 Å². The Morgan fingerprint density at radius 3 is 1.40 bits per heavy atom. The molecule has 3 heteroatoms. The zero-order valence-corrected chi connectivity index (χ0v) is 25.3. The summed E-state index contributed by atoms with van der Waals surface area (Å²) in [7, 11) is -1.66. The normalized spacial score (nSPS) is 11.4. The number of para-hydroxylation sites is 1. The molecule has 0 unspecified atom stereocenters. The molecule has 42 heavy (non-hydrogen) atoms. The van der Waals surface area contributed by atoms with E-state index < -0.39 is 16.0 Å². The van der Waals surface area contributed by atoms with Crippen LogP contribution in [0.1, 0.15) is 5.56 Å². The molecule has 0 N–H and O–H groups in total. The summed E-state index contributed by atoms with van der Waals surface area (Å²) in [6.07, 6.45) is 0. The average Bonchev–Trinajstić information content (AvgIpc) is 3.35. The second kappa shape index (κ2) is 11.9. The third-order valence-corrected chi connectivity index (χ3v) is 12.6. The van der Waals surface area contributed by atoms with Gasteiger partial charge in [0.25, 0.3) is 0 Å². The van der Waals surface area contributed by atoms with Gasteiger partial charge in [0.05, 0.1) is 19.3 Å². The molecule has 1 nitrogen and oxygen atoms in total. The van der Waals surface area contributed by atoms with Crippen molar-refractivity contribution in [2.75, 3.05) is 0 Å². The molecule has 7 rings (SSSR count). The molecule has 0 spiro atoms. The van der Waals surface area contributed by atoms with Crippen molar-refractivity contribution in [3.8, 4) is 11.3 Å². The van der Waals surface area contributed by atoms with Gasteiger partial charge < -0.3 is 4.34 Å². The minimum absolute atomic E-state index is 0.778. The minimum Gasteiger partial charge on any atom is -0.310 e. The minimum atomic E-state index is -0.886. The summed E-state index contributed by atoms with van der Waals surface area (Å²) >= 11 is 0. The van der Waals surface area contributed by atoms with E-state index in [0.29, 0.717) is 0 Å². The Morgan fingerprint density at radius 2 is 0.857 bits per heavy atom. The van der Waals surface area contributed by atoms with Crippen LogP contribution in [-0.4, -0.2) is 4.34 Å². The van der Waals surface area contributed by atoms with Gasteiger partial charge in [-0.25, -0.2) is 0 Å². The summed E-state index contributed by atoms with van der Waals surface area (Å²) in [6.45, 7) is 2.31. The summed E-state index contributed by atoms with van der Waals surface area (Å²) < 4.78 is 2.66. The first-order valence-corrected chi connectivity index (χ1v) is 16.9. The summed E-state index contributed by atoms with van der Waals surface area (Å²) in [5.41, 5.74) is 5.23. The van der Waals surface area contributed by atoms with Crippen LogP contribution in [0.4, 0.5) is 0 Å². The summed E-state index contributed by atoms with van der Waals surface area (Å²) in [5.74, 6) is 0. The van der Waals surface area contributed by atoms with Gasteiger partial charge in [-0.05, 0) is 42.4 Å². The second-order valence-electron chi connectivity index (χ2n) is 10.3. The molecule has 6 aromatic carbocycles. The number of nitrogens with zero attached hydrogens (tertiary/aromatic N) is 1. The Labute approximate surface area is 250 Å². The molecular weight excluding hydrogens is 544 g/mol. The van der Waals surface area contributed by atoms with Gasteiger partial charge in [-0.2, -0.15) is 0 Å².